The molecule has 0 spiro atoms. The quantitative estimate of drug-likeness (QED) is 0.425. The van der Waals surface area contributed by atoms with Crippen LogP contribution in [0, 0.1) is 19.5 Å². The second-order valence-electron chi connectivity index (χ2n) is 3.64. The number of para-hydroxylation sites is 1. The Morgan fingerprint density at radius 1 is 1.26 bits per heavy atom. The van der Waals surface area contributed by atoms with Crippen molar-refractivity contribution in [3.63, 3.8) is 0 Å². The van der Waals surface area contributed by atoms with E-state index in [2.05, 4.69) is 43.8 Å². The molecule has 0 fully saturated rings. The predicted molar refractivity (Wildman–Crippen MR) is 83.2 cm³/mol. The summed E-state index contributed by atoms with van der Waals surface area (Å²) in [5.74, 6) is -0.861. The Morgan fingerprint density at radius 2 is 2.00 bits per heavy atom. The first-order valence-electron chi connectivity index (χ1n) is 5.14. The van der Waals surface area contributed by atoms with Crippen LogP contribution in [0.4, 0.5) is 21.5 Å². The van der Waals surface area contributed by atoms with Gasteiger partial charge < -0.3 is 5.32 Å². The molecular weight excluding hydrogens is 430 g/mol. The molecule has 1 N–H and O–H groups in total. The zero-order valence-corrected chi connectivity index (χ0v) is 13.1. The standard InChI is InChI=1S/C12H7BrFIN2O2/c13-7-4-5-9(15)11(6-7)16-10-3-1-2-8(14)12(10)17(18)19/h1-6,16H. The summed E-state index contributed by atoms with van der Waals surface area (Å²) in [6, 6.07) is 9.43. The topological polar surface area (TPSA) is 55.2 Å². The van der Waals surface area contributed by atoms with Crippen molar-refractivity contribution in [2.75, 3.05) is 5.32 Å². The molecule has 98 valence electrons. The van der Waals surface area contributed by atoms with Crippen LogP contribution in [0.15, 0.2) is 40.9 Å². The first-order chi connectivity index (χ1) is 8.99. The zero-order chi connectivity index (χ0) is 14.0. The lowest BCUT2D eigenvalue weighted by Gasteiger charge is -2.09. The van der Waals surface area contributed by atoms with Gasteiger partial charge in [-0.2, -0.15) is 4.39 Å². The van der Waals surface area contributed by atoms with Gasteiger partial charge in [-0.3, -0.25) is 10.1 Å². The van der Waals surface area contributed by atoms with Gasteiger partial charge >= 0.3 is 5.69 Å². The third-order valence-corrected chi connectivity index (χ3v) is 3.80. The van der Waals surface area contributed by atoms with E-state index in [1.165, 1.54) is 12.1 Å². The molecule has 2 aromatic carbocycles. The first kappa shape index (κ1) is 14.2. The average molecular weight is 437 g/mol. The SMILES string of the molecule is O=[N+]([O-])c1c(F)cccc1Nc1cc(Br)ccc1I. The molecule has 0 amide bonds. The van der Waals surface area contributed by atoms with E-state index >= 15 is 0 Å². The molecule has 0 heterocycles. The van der Waals surface area contributed by atoms with Crippen molar-refractivity contribution in [3.8, 4) is 0 Å². The maximum Gasteiger partial charge on any atom is 0.327 e. The van der Waals surface area contributed by atoms with Crippen LogP contribution in [-0.2, 0) is 0 Å². The van der Waals surface area contributed by atoms with Gasteiger partial charge in [0.05, 0.1) is 10.6 Å². The van der Waals surface area contributed by atoms with E-state index in [4.69, 9.17) is 0 Å². The number of nitrogens with zero attached hydrogens (tertiary/aromatic N) is 1. The molecule has 2 aromatic rings. The van der Waals surface area contributed by atoms with Crippen LogP contribution < -0.4 is 5.32 Å². The molecule has 0 aliphatic rings. The fourth-order valence-corrected chi connectivity index (χ4v) is 2.37. The van der Waals surface area contributed by atoms with Crippen molar-refractivity contribution >= 4 is 55.6 Å². The molecular formula is C12H7BrFIN2O2. The van der Waals surface area contributed by atoms with E-state index in [0.717, 1.165) is 14.1 Å². The van der Waals surface area contributed by atoms with E-state index in [-0.39, 0.29) is 5.69 Å². The van der Waals surface area contributed by atoms with E-state index < -0.39 is 16.4 Å². The van der Waals surface area contributed by atoms with Crippen molar-refractivity contribution in [3.05, 3.63) is 60.4 Å². The summed E-state index contributed by atoms with van der Waals surface area (Å²) in [6.45, 7) is 0. The van der Waals surface area contributed by atoms with Gasteiger partial charge in [-0.15, -0.1) is 0 Å². The maximum atomic E-state index is 13.5. The van der Waals surface area contributed by atoms with Crippen LogP contribution in [0.2, 0.25) is 0 Å². The number of anilines is 2. The second-order valence-corrected chi connectivity index (χ2v) is 5.72. The normalized spacial score (nSPS) is 10.3. The molecule has 2 rings (SSSR count). The fourth-order valence-electron chi connectivity index (χ4n) is 1.54. The lowest BCUT2D eigenvalue weighted by atomic mass is 10.2. The molecule has 0 aliphatic heterocycles. The fraction of sp³-hybridized carbons (Fsp3) is 0. The number of nitro groups is 1. The van der Waals surface area contributed by atoms with Gasteiger partial charge in [0.2, 0.25) is 5.82 Å². The number of nitro benzene ring substituents is 1. The largest absolute Gasteiger partial charge is 0.349 e. The third-order valence-electron chi connectivity index (χ3n) is 2.37. The number of hydrogen-bond donors (Lipinski definition) is 1. The lowest BCUT2D eigenvalue weighted by Crippen LogP contribution is -2.00. The Morgan fingerprint density at radius 3 is 2.68 bits per heavy atom. The van der Waals surface area contributed by atoms with Gasteiger partial charge in [0.15, 0.2) is 0 Å². The van der Waals surface area contributed by atoms with E-state index in [0.29, 0.717) is 5.69 Å². The second kappa shape index (κ2) is 5.83. The number of nitrogens with one attached hydrogen (secondary N) is 1. The molecule has 4 nitrogen and oxygen atoms in total. The molecule has 0 saturated carbocycles. The van der Waals surface area contributed by atoms with Gasteiger partial charge in [-0.25, -0.2) is 0 Å². The molecule has 0 aromatic heterocycles. The van der Waals surface area contributed by atoms with E-state index in [1.807, 2.05) is 12.1 Å². The Balaban J connectivity index is 2.46. The predicted octanol–water partition coefficient (Wildman–Crippen LogP) is 4.84. The third kappa shape index (κ3) is 3.21. The summed E-state index contributed by atoms with van der Waals surface area (Å²) < 4.78 is 15.2. The monoisotopic (exact) mass is 436 g/mol. The van der Waals surface area contributed by atoms with Crippen LogP contribution in [-0.4, -0.2) is 4.92 Å². The molecule has 0 radical (unpaired) electrons. The summed E-state index contributed by atoms with van der Waals surface area (Å²) in [4.78, 5) is 10.2. The lowest BCUT2D eigenvalue weighted by molar-refractivity contribution is -0.386. The minimum absolute atomic E-state index is 0.126. The van der Waals surface area contributed by atoms with Crippen molar-refractivity contribution in [1.82, 2.24) is 0 Å². The van der Waals surface area contributed by atoms with Crippen LogP contribution in [0.25, 0.3) is 0 Å². The van der Waals surface area contributed by atoms with Crippen molar-refractivity contribution in [2.24, 2.45) is 0 Å². The molecule has 0 atom stereocenters. The zero-order valence-electron chi connectivity index (χ0n) is 9.36. The highest BCUT2D eigenvalue weighted by Gasteiger charge is 2.20. The maximum absolute atomic E-state index is 13.5. The highest BCUT2D eigenvalue weighted by molar-refractivity contribution is 14.1. The first-order valence-corrected chi connectivity index (χ1v) is 7.01. The average Bonchev–Trinajstić information content (AvgIpc) is 2.33. The summed E-state index contributed by atoms with van der Waals surface area (Å²) in [5, 5.41) is 13.8. The summed E-state index contributed by atoms with van der Waals surface area (Å²) in [5.41, 5.74) is 0.239. The van der Waals surface area contributed by atoms with Gasteiger partial charge in [-0.05, 0) is 52.9 Å². The minimum Gasteiger partial charge on any atom is -0.349 e. The summed E-state index contributed by atoms with van der Waals surface area (Å²) in [7, 11) is 0. The minimum atomic E-state index is -0.861. The molecule has 0 unspecified atom stereocenters. The molecule has 0 aliphatic carbocycles. The Bertz CT molecular complexity index is 652. The molecule has 7 heteroatoms. The van der Waals surface area contributed by atoms with Gasteiger partial charge in [0, 0.05) is 8.04 Å². The molecule has 0 bridgehead atoms. The Labute approximate surface area is 130 Å². The van der Waals surface area contributed by atoms with Crippen LogP contribution in [0.1, 0.15) is 0 Å². The highest BCUT2D eigenvalue weighted by Crippen LogP contribution is 2.32. The smallest absolute Gasteiger partial charge is 0.327 e. The molecule has 0 saturated heterocycles. The van der Waals surface area contributed by atoms with Crippen molar-refractivity contribution in [1.29, 1.82) is 0 Å². The molecule has 19 heavy (non-hydrogen) atoms. The van der Waals surface area contributed by atoms with E-state index in [9.17, 15) is 14.5 Å². The van der Waals surface area contributed by atoms with E-state index in [1.54, 1.807) is 6.07 Å². The van der Waals surface area contributed by atoms with Gasteiger partial charge in [-0.1, -0.05) is 22.0 Å². The Hall–Kier alpha value is -1.22. The number of rotatable bonds is 3. The highest BCUT2D eigenvalue weighted by atomic mass is 127. The van der Waals surface area contributed by atoms with Gasteiger partial charge in [0.25, 0.3) is 0 Å². The van der Waals surface area contributed by atoms with Crippen molar-refractivity contribution < 1.29 is 9.31 Å². The van der Waals surface area contributed by atoms with Crippen LogP contribution in [0.5, 0.6) is 0 Å². The summed E-state index contributed by atoms with van der Waals surface area (Å²) in [6.07, 6.45) is 0. The van der Waals surface area contributed by atoms with Gasteiger partial charge in [0.1, 0.15) is 5.69 Å². The Kier molecular flexibility index (Phi) is 4.35. The number of halogens is 3. The number of hydrogen-bond acceptors (Lipinski definition) is 3. The number of benzene rings is 2. The van der Waals surface area contributed by atoms with Crippen LogP contribution in [0.3, 0.4) is 0 Å². The van der Waals surface area contributed by atoms with Crippen LogP contribution >= 0.6 is 38.5 Å². The van der Waals surface area contributed by atoms with Crippen molar-refractivity contribution in [2.45, 2.75) is 0 Å². The summed E-state index contributed by atoms with van der Waals surface area (Å²) >= 11 is 5.41.